The van der Waals surface area contributed by atoms with E-state index in [4.69, 9.17) is 10.8 Å². The smallest absolute Gasteiger partial charge is 0.0640 e. The first kappa shape index (κ1) is 14.9. The molecule has 2 N–H and O–H groups in total. The highest BCUT2D eigenvalue weighted by Gasteiger charge is 2.16. The van der Waals surface area contributed by atoms with Gasteiger partial charge in [-0.3, -0.25) is 4.68 Å². The summed E-state index contributed by atoms with van der Waals surface area (Å²) in [5, 5.41) is 4.73. The third kappa shape index (κ3) is 4.84. The van der Waals surface area contributed by atoms with Crippen molar-refractivity contribution in [3.63, 3.8) is 0 Å². The van der Waals surface area contributed by atoms with E-state index in [1.165, 1.54) is 44.3 Å². The van der Waals surface area contributed by atoms with Crippen LogP contribution in [0, 0.1) is 0 Å². The van der Waals surface area contributed by atoms with Gasteiger partial charge in [-0.15, -0.1) is 0 Å². The maximum Gasteiger partial charge on any atom is 0.0640 e. The van der Waals surface area contributed by atoms with E-state index in [1.54, 1.807) is 0 Å². The van der Waals surface area contributed by atoms with E-state index in [2.05, 4.69) is 23.9 Å². The number of rotatable bonds is 7. The third-order valence-electron chi connectivity index (χ3n) is 3.76. The van der Waals surface area contributed by atoms with Crippen molar-refractivity contribution in [2.45, 2.75) is 64.0 Å². The van der Waals surface area contributed by atoms with E-state index in [0.29, 0.717) is 6.04 Å². The number of nitrogens with zero attached hydrogens (tertiary/aromatic N) is 2. The predicted molar refractivity (Wildman–Crippen MR) is 83.6 cm³/mol. The van der Waals surface area contributed by atoms with Crippen LogP contribution in [0.1, 0.15) is 57.2 Å². The Morgan fingerprint density at radius 1 is 1.42 bits per heavy atom. The molecule has 1 saturated carbocycles. The van der Waals surface area contributed by atoms with Gasteiger partial charge < -0.3 is 5.73 Å². The van der Waals surface area contributed by atoms with Crippen molar-refractivity contribution in [1.82, 2.24) is 9.78 Å². The Labute approximate surface area is 121 Å². The van der Waals surface area contributed by atoms with Gasteiger partial charge in [0.05, 0.1) is 11.7 Å². The number of hydrogen-bond acceptors (Lipinski definition) is 3. The van der Waals surface area contributed by atoms with Gasteiger partial charge >= 0.3 is 0 Å². The lowest BCUT2D eigenvalue weighted by molar-refractivity contribution is 0.328. The van der Waals surface area contributed by atoms with Crippen LogP contribution in [-0.4, -0.2) is 27.3 Å². The van der Waals surface area contributed by atoms with Gasteiger partial charge in [0.1, 0.15) is 0 Å². The molecule has 19 heavy (non-hydrogen) atoms. The average Bonchev–Trinajstić information content (AvgIpc) is 2.88. The maximum absolute atomic E-state index is 6.16. The molecule has 0 aliphatic heterocycles. The quantitative estimate of drug-likeness (QED) is 0.779. The van der Waals surface area contributed by atoms with Gasteiger partial charge in [0.15, 0.2) is 0 Å². The van der Waals surface area contributed by atoms with E-state index in [-0.39, 0.29) is 6.04 Å². The highest BCUT2D eigenvalue weighted by Crippen LogP contribution is 2.27. The van der Waals surface area contributed by atoms with Gasteiger partial charge in [-0.05, 0) is 31.1 Å². The minimum Gasteiger partial charge on any atom is -0.327 e. The molecule has 1 unspecified atom stereocenters. The highest BCUT2D eigenvalue weighted by atomic mass is 32.2. The molecule has 3 nitrogen and oxygen atoms in total. The summed E-state index contributed by atoms with van der Waals surface area (Å²) in [5.74, 6) is 2.26. The van der Waals surface area contributed by atoms with Crippen molar-refractivity contribution in [3.05, 3.63) is 18.0 Å². The number of aromatic nitrogens is 2. The van der Waals surface area contributed by atoms with Gasteiger partial charge in [0.2, 0.25) is 0 Å². The fourth-order valence-electron chi connectivity index (χ4n) is 2.74. The summed E-state index contributed by atoms with van der Waals surface area (Å²) in [6, 6.07) is 3.03. The summed E-state index contributed by atoms with van der Waals surface area (Å²) in [5.41, 5.74) is 7.33. The van der Waals surface area contributed by atoms with Crippen molar-refractivity contribution in [2.75, 3.05) is 11.5 Å². The van der Waals surface area contributed by atoms with E-state index < -0.39 is 0 Å². The molecular weight excluding hydrogens is 254 g/mol. The second-order valence-corrected chi connectivity index (χ2v) is 6.77. The Morgan fingerprint density at radius 2 is 2.21 bits per heavy atom. The number of hydrogen-bond donors (Lipinski definition) is 1. The number of nitrogens with two attached hydrogens (primary N) is 1. The molecular formula is C15H27N3S. The maximum atomic E-state index is 6.16. The molecule has 0 radical (unpaired) electrons. The molecule has 1 aliphatic rings. The molecule has 4 heteroatoms. The summed E-state index contributed by atoms with van der Waals surface area (Å²) >= 11 is 1.96. The van der Waals surface area contributed by atoms with Crippen LogP contribution in [0.2, 0.25) is 0 Å². The first-order chi connectivity index (χ1) is 9.29. The van der Waals surface area contributed by atoms with E-state index in [0.717, 1.165) is 17.9 Å². The Morgan fingerprint density at radius 3 is 2.95 bits per heavy atom. The summed E-state index contributed by atoms with van der Waals surface area (Å²) in [4.78, 5) is 0. The molecule has 1 aromatic heterocycles. The van der Waals surface area contributed by atoms with Crippen molar-refractivity contribution >= 4 is 11.8 Å². The van der Waals surface area contributed by atoms with Crippen LogP contribution in [-0.2, 0) is 6.42 Å². The van der Waals surface area contributed by atoms with E-state index in [9.17, 15) is 0 Å². The Kier molecular flexibility index (Phi) is 6.24. The van der Waals surface area contributed by atoms with Crippen molar-refractivity contribution < 1.29 is 0 Å². The fourth-order valence-corrected chi connectivity index (χ4v) is 3.62. The van der Waals surface area contributed by atoms with Gasteiger partial charge in [-0.25, -0.2) is 0 Å². The van der Waals surface area contributed by atoms with Gasteiger partial charge in [-0.1, -0.05) is 26.2 Å². The van der Waals surface area contributed by atoms with Crippen molar-refractivity contribution in [3.8, 4) is 0 Å². The summed E-state index contributed by atoms with van der Waals surface area (Å²) in [6.07, 6.45) is 11.0. The van der Waals surface area contributed by atoms with Crippen LogP contribution in [0.4, 0.5) is 0 Å². The van der Waals surface area contributed by atoms with Crippen molar-refractivity contribution in [2.24, 2.45) is 5.73 Å². The largest absolute Gasteiger partial charge is 0.327 e. The summed E-state index contributed by atoms with van der Waals surface area (Å²) in [7, 11) is 0. The lowest BCUT2D eigenvalue weighted by Gasteiger charge is -2.21. The molecule has 0 saturated heterocycles. The molecule has 0 aromatic carbocycles. The molecule has 1 heterocycles. The zero-order chi connectivity index (χ0) is 13.5. The van der Waals surface area contributed by atoms with Crippen LogP contribution < -0.4 is 5.73 Å². The van der Waals surface area contributed by atoms with Crippen LogP contribution in [0.25, 0.3) is 0 Å². The van der Waals surface area contributed by atoms with Crippen molar-refractivity contribution in [1.29, 1.82) is 0 Å². The second kappa shape index (κ2) is 7.95. The van der Waals surface area contributed by atoms with E-state index in [1.807, 2.05) is 11.8 Å². The molecule has 1 aliphatic carbocycles. The Bertz CT molecular complexity index is 358. The lowest BCUT2D eigenvalue weighted by atomic mass is 9.96. The second-order valence-electron chi connectivity index (χ2n) is 5.62. The lowest BCUT2D eigenvalue weighted by Crippen LogP contribution is -2.26. The first-order valence-corrected chi connectivity index (χ1v) is 8.82. The van der Waals surface area contributed by atoms with Gasteiger partial charge in [-0.2, -0.15) is 16.9 Å². The topological polar surface area (TPSA) is 43.8 Å². The molecule has 0 bridgehead atoms. The monoisotopic (exact) mass is 281 g/mol. The van der Waals surface area contributed by atoms with Crippen LogP contribution in [0.15, 0.2) is 12.3 Å². The molecule has 108 valence electrons. The summed E-state index contributed by atoms with van der Waals surface area (Å²) < 4.78 is 2.18. The molecule has 1 aromatic rings. The third-order valence-corrected chi connectivity index (χ3v) is 5.12. The van der Waals surface area contributed by atoms with E-state index >= 15 is 0 Å². The molecule has 0 amide bonds. The average molecular weight is 281 g/mol. The molecule has 0 spiro atoms. The van der Waals surface area contributed by atoms with Crippen LogP contribution in [0.5, 0.6) is 0 Å². The molecule has 1 atom stereocenters. The predicted octanol–water partition coefficient (Wildman–Crippen LogP) is 3.40. The number of thioether (sulfide) groups is 1. The minimum atomic E-state index is 0.242. The molecule has 2 rings (SSSR count). The SMILES string of the molecule is CCCSCC(N)Cc1ccn(C2CCCCC2)n1. The molecule has 1 fully saturated rings. The normalized spacial score (nSPS) is 18.6. The Balaban J connectivity index is 1.79. The highest BCUT2D eigenvalue weighted by molar-refractivity contribution is 7.99. The Hall–Kier alpha value is -0.480. The van der Waals surface area contributed by atoms with Gasteiger partial charge in [0, 0.05) is 24.4 Å². The van der Waals surface area contributed by atoms with Gasteiger partial charge in [0.25, 0.3) is 0 Å². The first-order valence-electron chi connectivity index (χ1n) is 7.67. The zero-order valence-electron chi connectivity index (χ0n) is 12.1. The zero-order valence-corrected chi connectivity index (χ0v) is 12.9. The minimum absolute atomic E-state index is 0.242. The standard InChI is InChI=1S/C15H27N3S/c1-2-10-19-12-13(16)11-14-8-9-18(17-14)15-6-4-3-5-7-15/h8-9,13,15H,2-7,10-12,16H2,1H3. The fraction of sp³-hybridized carbons (Fsp3) is 0.800. The summed E-state index contributed by atoms with van der Waals surface area (Å²) in [6.45, 7) is 2.21. The van der Waals surface area contributed by atoms with Crippen LogP contribution >= 0.6 is 11.8 Å². The van der Waals surface area contributed by atoms with Crippen LogP contribution in [0.3, 0.4) is 0 Å².